The van der Waals surface area contributed by atoms with Crippen LogP contribution in [0.4, 0.5) is 4.79 Å². The van der Waals surface area contributed by atoms with E-state index < -0.39 is 17.6 Å². The summed E-state index contributed by atoms with van der Waals surface area (Å²) in [4.78, 5) is 36.6. The predicted octanol–water partition coefficient (Wildman–Crippen LogP) is 4.99. The first-order valence-electron chi connectivity index (χ1n) is 12.6. The van der Waals surface area contributed by atoms with Gasteiger partial charge >= 0.3 is 12.1 Å². The summed E-state index contributed by atoms with van der Waals surface area (Å²) < 4.78 is 5.58. The van der Waals surface area contributed by atoms with E-state index in [1.54, 1.807) is 0 Å². The Morgan fingerprint density at radius 3 is 2.20 bits per heavy atom. The first kappa shape index (κ1) is 24.8. The second kappa shape index (κ2) is 10.9. The number of amides is 2. The monoisotopic (exact) mass is 478 g/mol. The van der Waals surface area contributed by atoms with Crippen LogP contribution in [0.2, 0.25) is 0 Å². The van der Waals surface area contributed by atoms with E-state index >= 15 is 0 Å². The number of rotatable bonds is 9. The topological polar surface area (TPSA) is 105 Å². The van der Waals surface area contributed by atoms with Crippen LogP contribution in [0, 0.1) is 0 Å². The zero-order valence-corrected chi connectivity index (χ0v) is 20.2. The minimum Gasteiger partial charge on any atom is -0.480 e. The van der Waals surface area contributed by atoms with Gasteiger partial charge in [0, 0.05) is 18.4 Å². The maximum Gasteiger partial charge on any atom is 0.407 e. The number of hydrogen-bond acceptors (Lipinski definition) is 4. The molecule has 0 radical (unpaired) electrons. The summed E-state index contributed by atoms with van der Waals surface area (Å²) >= 11 is 0. The van der Waals surface area contributed by atoms with E-state index in [-0.39, 0.29) is 30.9 Å². The molecule has 0 spiro atoms. The smallest absolute Gasteiger partial charge is 0.407 e. The number of ether oxygens (including phenoxy) is 1. The number of aliphatic carboxylic acids is 1. The van der Waals surface area contributed by atoms with Gasteiger partial charge in [0.2, 0.25) is 5.91 Å². The van der Waals surface area contributed by atoms with Gasteiger partial charge in [0.15, 0.2) is 0 Å². The highest BCUT2D eigenvalue weighted by Crippen LogP contribution is 2.44. The Labute approximate surface area is 206 Å². The fourth-order valence-corrected chi connectivity index (χ4v) is 5.36. The molecule has 186 valence electrons. The molecule has 1 fully saturated rings. The number of carboxylic acids is 1. The van der Waals surface area contributed by atoms with Crippen LogP contribution in [-0.2, 0) is 14.3 Å². The summed E-state index contributed by atoms with van der Waals surface area (Å²) in [5.74, 6) is -1.19. The molecule has 2 aromatic rings. The van der Waals surface area contributed by atoms with Crippen LogP contribution in [0.25, 0.3) is 11.1 Å². The van der Waals surface area contributed by atoms with Gasteiger partial charge in [-0.2, -0.15) is 0 Å². The molecule has 0 heterocycles. The van der Waals surface area contributed by atoms with Gasteiger partial charge in [-0.05, 0) is 54.9 Å². The lowest BCUT2D eigenvalue weighted by Gasteiger charge is -2.34. The molecule has 3 N–H and O–H groups in total. The van der Waals surface area contributed by atoms with Gasteiger partial charge in [-0.25, -0.2) is 9.59 Å². The standard InChI is InChI=1S/C28H34N2O5/c1-19(10-9-15-25(31)30-28(26(32)33)16-7-2-8-17-28)29-27(34)35-18-24-22-13-5-3-11-20(22)21-12-4-6-14-23(21)24/h3-6,11-14,19,24H,2,7-10,15-18H2,1H3,(H,29,34)(H,30,31)(H,32,33). The average molecular weight is 479 g/mol. The van der Waals surface area contributed by atoms with E-state index in [1.165, 1.54) is 11.1 Å². The summed E-state index contributed by atoms with van der Waals surface area (Å²) in [5.41, 5.74) is 3.57. The highest BCUT2D eigenvalue weighted by molar-refractivity contribution is 5.87. The summed E-state index contributed by atoms with van der Waals surface area (Å²) in [5, 5.41) is 15.2. The van der Waals surface area contributed by atoms with Crippen molar-refractivity contribution in [1.29, 1.82) is 0 Å². The molecule has 0 aromatic heterocycles. The number of carbonyl (C=O) groups excluding carboxylic acids is 2. The molecule has 1 saturated carbocycles. The van der Waals surface area contributed by atoms with Crippen molar-refractivity contribution in [3.63, 3.8) is 0 Å². The number of alkyl carbamates (subject to hydrolysis) is 1. The van der Waals surface area contributed by atoms with Gasteiger partial charge < -0.3 is 20.5 Å². The van der Waals surface area contributed by atoms with Crippen LogP contribution < -0.4 is 10.6 Å². The molecule has 2 aliphatic rings. The van der Waals surface area contributed by atoms with Gasteiger partial charge in [-0.3, -0.25) is 4.79 Å². The second-order valence-electron chi connectivity index (χ2n) is 9.76. The van der Waals surface area contributed by atoms with Crippen molar-refractivity contribution in [2.24, 2.45) is 0 Å². The molecule has 0 bridgehead atoms. The van der Waals surface area contributed by atoms with Crippen LogP contribution in [0.1, 0.15) is 75.3 Å². The Morgan fingerprint density at radius 1 is 1.00 bits per heavy atom. The fourth-order valence-electron chi connectivity index (χ4n) is 5.36. The Hall–Kier alpha value is -3.35. The SMILES string of the molecule is CC(CCCC(=O)NC1(C(=O)O)CCCCC1)NC(=O)OCC1c2ccccc2-c2ccccc21. The van der Waals surface area contributed by atoms with Crippen LogP contribution in [0.3, 0.4) is 0 Å². The molecule has 2 amide bonds. The quantitative estimate of drug-likeness (QED) is 0.471. The Morgan fingerprint density at radius 2 is 1.60 bits per heavy atom. The van der Waals surface area contributed by atoms with E-state index in [4.69, 9.17) is 4.74 Å². The Kier molecular flexibility index (Phi) is 7.73. The first-order chi connectivity index (χ1) is 16.9. The van der Waals surface area contributed by atoms with Gasteiger partial charge in [0.1, 0.15) is 12.1 Å². The third-order valence-corrected chi connectivity index (χ3v) is 7.24. The van der Waals surface area contributed by atoms with Crippen molar-refractivity contribution in [3.8, 4) is 11.1 Å². The van der Waals surface area contributed by atoms with Gasteiger partial charge in [-0.1, -0.05) is 67.8 Å². The molecule has 7 heteroatoms. The zero-order valence-electron chi connectivity index (χ0n) is 20.2. The fraction of sp³-hybridized carbons (Fsp3) is 0.464. The lowest BCUT2D eigenvalue weighted by atomic mass is 9.81. The first-order valence-corrected chi connectivity index (χ1v) is 12.6. The molecule has 35 heavy (non-hydrogen) atoms. The number of hydrogen-bond donors (Lipinski definition) is 3. The highest BCUT2D eigenvalue weighted by atomic mass is 16.5. The zero-order chi connectivity index (χ0) is 24.8. The summed E-state index contributed by atoms with van der Waals surface area (Å²) in [6.45, 7) is 2.13. The van der Waals surface area contributed by atoms with Crippen LogP contribution in [0.15, 0.2) is 48.5 Å². The van der Waals surface area contributed by atoms with Crippen molar-refractivity contribution in [1.82, 2.24) is 10.6 Å². The molecular weight excluding hydrogens is 444 g/mol. The van der Waals surface area contributed by atoms with Crippen LogP contribution >= 0.6 is 0 Å². The normalized spacial score (nSPS) is 17.1. The molecule has 1 unspecified atom stereocenters. The van der Waals surface area contributed by atoms with E-state index in [0.717, 1.165) is 30.4 Å². The number of benzene rings is 2. The van der Waals surface area contributed by atoms with Crippen molar-refractivity contribution in [3.05, 3.63) is 59.7 Å². The van der Waals surface area contributed by atoms with Crippen molar-refractivity contribution in [2.45, 2.75) is 75.8 Å². The van der Waals surface area contributed by atoms with Gasteiger partial charge in [0.25, 0.3) is 0 Å². The van der Waals surface area contributed by atoms with E-state index in [0.29, 0.717) is 25.7 Å². The Balaban J connectivity index is 1.21. The molecular formula is C28H34N2O5. The molecule has 0 saturated heterocycles. The number of nitrogens with one attached hydrogen (secondary N) is 2. The summed E-state index contributed by atoms with van der Waals surface area (Å²) in [7, 11) is 0. The average Bonchev–Trinajstić information content (AvgIpc) is 3.17. The van der Waals surface area contributed by atoms with E-state index in [9.17, 15) is 19.5 Å². The number of carboxylic acid groups (broad SMARTS) is 1. The van der Waals surface area contributed by atoms with Crippen LogP contribution in [0.5, 0.6) is 0 Å². The van der Waals surface area contributed by atoms with Crippen molar-refractivity contribution >= 4 is 18.0 Å². The van der Waals surface area contributed by atoms with E-state index in [2.05, 4.69) is 34.9 Å². The lowest BCUT2D eigenvalue weighted by molar-refractivity contribution is -0.149. The third kappa shape index (κ3) is 5.66. The number of fused-ring (bicyclic) bond motifs is 3. The highest BCUT2D eigenvalue weighted by Gasteiger charge is 2.40. The van der Waals surface area contributed by atoms with Crippen LogP contribution in [-0.4, -0.2) is 41.3 Å². The second-order valence-corrected chi connectivity index (χ2v) is 9.76. The summed E-state index contributed by atoms with van der Waals surface area (Å²) in [6.07, 6.45) is 4.48. The molecule has 4 rings (SSSR count). The third-order valence-electron chi connectivity index (χ3n) is 7.24. The van der Waals surface area contributed by atoms with Gasteiger partial charge in [-0.15, -0.1) is 0 Å². The molecule has 2 aliphatic carbocycles. The molecule has 0 aliphatic heterocycles. The minimum absolute atomic E-state index is 0.00787. The maximum absolute atomic E-state index is 12.4. The molecule has 2 aromatic carbocycles. The Bertz CT molecular complexity index is 1030. The van der Waals surface area contributed by atoms with Gasteiger partial charge in [0.05, 0.1) is 0 Å². The van der Waals surface area contributed by atoms with E-state index in [1.807, 2.05) is 31.2 Å². The maximum atomic E-state index is 12.4. The molecule has 7 nitrogen and oxygen atoms in total. The van der Waals surface area contributed by atoms with Crippen molar-refractivity contribution in [2.75, 3.05) is 6.61 Å². The predicted molar refractivity (Wildman–Crippen MR) is 133 cm³/mol. The minimum atomic E-state index is -1.12. The number of carbonyl (C=O) groups is 3. The lowest BCUT2D eigenvalue weighted by Crippen LogP contribution is -2.55. The molecule has 1 atom stereocenters. The largest absolute Gasteiger partial charge is 0.480 e. The van der Waals surface area contributed by atoms with Crippen molar-refractivity contribution < 1.29 is 24.2 Å². The summed E-state index contributed by atoms with van der Waals surface area (Å²) in [6, 6.07) is 16.2.